The molecule has 0 aromatic heterocycles. The van der Waals surface area contributed by atoms with Crippen molar-refractivity contribution in [1.29, 1.82) is 0 Å². The summed E-state index contributed by atoms with van der Waals surface area (Å²) >= 11 is 0. The predicted octanol–water partition coefficient (Wildman–Crippen LogP) is 3.33. The molecule has 176 valence electrons. The number of benzene rings is 2. The molecule has 0 bridgehead atoms. The highest BCUT2D eigenvalue weighted by atomic mass is 32.2. The third-order valence-corrected chi connectivity index (χ3v) is 8.50. The lowest BCUT2D eigenvalue weighted by Gasteiger charge is -2.34. The zero-order valence-electron chi connectivity index (χ0n) is 19.2. The third-order valence-electron chi connectivity index (χ3n) is 6.59. The average Bonchev–Trinajstić information content (AvgIpc) is 3.29. The smallest absolute Gasteiger partial charge is 0.247 e. The van der Waals surface area contributed by atoms with E-state index in [0.29, 0.717) is 38.9 Å². The van der Waals surface area contributed by atoms with E-state index in [1.54, 1.807) is 29.2 Å². The lowest BCUT2D eigenvalue weighted by molar-refractivity contribution is -0.141. The van der Waals surface area contributed by atoms with Gasteiger partial charge in [0.25, 0.3) is 0 Å². The van der Waals surface area contributed by atoms with E-state index in [4.69, 9.17) is 0 Å². The zero-order chi connectivity index (χ0) is 23.6. The molecule has 2 saturated heterocycles. The first-order chi connectivity index (χ1) is 15.8. The van der Waals surface area contributed by atoms with E-state index in [0.717, 1.165) is 23.2 Å². The Hall–Kier alpha value is -2.71. The highest BCUT2D eigenvalue weighted by Gasteiger charge is 2.39. The minimum atomic E-state index is -3.56. The monoisotopic (exact) mass is 469 g/mol. The van der Waals surface area contributed by atoms with E-state index in [9.17, 15) is 18.0 Å². The van der Waals surface area contributed by atoms with E-state index in [1.807, 2.05) is 38.1 Å². The Bertz CT molecular complexity index is 1120. The molecule has 1 N–H and O–H groups in total. The molecule has 2 amide bonds. The molecule has 1 atom stereocenters. The van der Waals surface area contributed by atoms with Crippen molar-refractivity contribution in [3.05, 3.63) is 59.7 Å². The molecule has 0 radical (unpaired) electrons. The van der Waals surface area contributed by atoms with Crippen molar-refractivity contribution in [2.45, 2.75) is 50.5 Å². The Morgan fingerprint density at radius 1 is 0.909 bits per heavy atom. The van der Waals surface area contributed by atoms with E-state index in [2.05, 4.69) is 5.32 Å². The Labute approximate surface area is 195 Å². The number of carbonyl (C=O) groups is 2. The van der Waals surface area contributed by atoms with Gasteiger partial charge in [-0.2, -0.15) is 4.31 Å². The van der Waals surface area contributed by atoms with Gasteiger partial charge in [-0.3, -0.25) is 9.59 Å². The van der Waals surface area contributed by atoms with Crippen LogP contribution in [0.4, 0.5) is 5.69 Å². The summed E-state index contributed by atoms with van der Waals surface area (Å²) in [5.41, 5.74) is 2.79. The molecule has 33 heavy (non-hydrogen) atoms. The van der Waals surface area contributed by atoms with Crippen molar-refractivity contribution in [3.63, 3.8) is 0 Å². The van der Waals surface area contributed by atoms with Crippen LogP contribution in [0.25, 0.3) is 0 Å². The van der Waals surface area contributed by atoms with Gasteiger partial charge in [0.15, 0.2) is 0 Å². The normalized spacial score (nSPS) is 20.1. The van der Waals surface area contributed by atoms with Crippen molar-refractivity contribution in [2.75, 3.05) is 25.0 Å². The minimum absolute atomic E-state index is 0.0377. The number of carbonyl (C=O) groups excluding carboxylic acids is 2. The highest BCUT2D eigenvalue weighted by Crippen LogP contribution is 2.28. The molecule has 8 heteroatoms. The number of sulfonamides is 1. The summed E-state index contributed by atoms with van der Waals surface area (Å²) in [5.74, 6) is -0.461. The fourth-order valence-corrected chi connectivity index (χ4v) is 6.16. The Balaban J connectivity index is 1.37. The second kappa shape index (κ2) is 9.65. The number of nitrogens with one attached hydrogen (secondary N) is 1. The van der Waals surface area contributed by atoms with Crippen LogP contribution < -0.4 is 5.32 Å². The van der Waals surface area contributed by atoms with Crippen molar-refractivity contribution in [2.24, 2.45) is 5.92 Å². The van der Waals surface area contributed by atoms with E-state index in [-0.39, 0.29) is 22.6 Å². The molecule has 2 aromatic rings. The number of hydrogen-bond donors (Lipinski definition) is 1. The summed E-state index contributed by atoms with van der Waals surface area (Å²) in [6.07, 6.45) is 2.36. The average molecular weight is 470 g/mol. The molecule has 2 heterocycles. The first-order valence-electron chi connectivity index (χ1n) is 11.5. The molecule has 2 fully saturated rings. The van der Waals surface area contributed by atoms with Crippen LogP contribution in [0.3, 0.4) is 0 Å². The van der Waals surface area contributed by atoms with Crippen LogP contribution in [0.15, 0.2) is 53.4 Å². The maximum absolute atomic E-state index is 13.3. The molecule has 0 spiro atoms. The molecule has 2 aliphatic heterocycles. The van der Waals surface area contributed by atoms with Gasteiger partial charge in [-0.05, 0) is 69.4 Å². The lowest BCUT2D eigenvalue weighted by Crippen LogP contribution is -2.48. The molecule has 2 aromatic carbocycles. The molecular formula is C25H31N3O4S. The van der Waals surface area contributed by atoms with Gasteiger partial charge in [0.05, 0.1) is 4.90 Å². The van der Waals surface area contributed by atoms with Crippen LogP contribution in [0.5, 0.6) is 0 Å². The van der Waals surface area contributed by atoms with Crippen molar-refractivity contribution < 1.29 is 18.0 Å². The van der Waals surface area contributed by atoms with Crippen LogP contribution in [0.1, 0.15) is 36.8 Å². The van der Waals surface area contributed by atoms with Crippen LogP contribution in [-0.2, 0) is 19.6 Å². The van der Waals surface area contributed by atoms with Crippen LogP contribution in [-0.4, -0.2) is 55.1 Å². The molecule has 0 unspecified atom stereocenters. The summed E-state index contributed by atoms with van der Waals surface area (Å²) in [6, 6.07) is 14.0. The molecule has 0 aliphatic carbocycles. The summed E-state index contributed by atoms with van der Waals surface area (Å²) in [7, 11) is -3.56. The number of aryl methyl sites for hydroxylation is 2. The molecular weight excluding hydrogens is 438 g/mol. The number of hydrogen-bond acceptors (Lipinski definition) is 4. The van der Waals surface area contributed by atoms with Gasteiger partial charge in [-0.1, -0.05) is 29.8 Å². The number of rotatable bonds is 5. The fourth-order valence-electron chi connectivity index (χ4n) is 4.69. The molecule has 2 aliphatic rings. The maximum atomic E-state index is 13.3. The summed E-state index contributed by atoms with van der Waals surface area (Å²) in [4.78, 5) is 28.1. The first kappa shape index (κ1) is 23.4. The van der Waals surface area contributed by atoms with Gasteiger partial charge >= 0.3 is 0 Å². The summed E-state index contributed by atoms with van der Waals surface area (Å²) < 4.78 is 27.4. The Morgan fingerprint density at radius 2 is 1.61 bits per heavy atom. The van der Waals surface area contributed by atoms with E-state index in [1.165, 1.54) is 4.31 Å². The third kappa shape index (κ3) is 5.12. The molecule has 4 rings (SSSR count). The Kier molecular flexibility index (Phi) is 6.86. The number of piperidine rings is 1. The SMILES string of the molecule is Cc1ccc(S(=O)(=O)N2CCC(C(=O)N3CCC[C@H]3C(=O)Nc3cccc(C)c3)CC2)cc1. The first-order valence-corrected chi connectivity index (χ1v) is 12.9. The zero-order valence-corrected chi connectivity index (χ0v) is 20.0. The van der Waals surface area contributed by atoms with Crippen LogP contribution in [0, 0.1) is 19.8 Å². The van der Waals surface area contributed by atoms with E-state index >= 15 is 0 Å². The topological polar surface area (TPSA) is 86.8 Å². The van der Waals surface area contributed by atoms with Gasteiger partial charge in [0, 0.05) is 31.2 Å². The maximum Gasteiger partial charge on any atom is 0.247 e. The van der Waals surface area contributed by atoms with Gasteiger partial charge in [0.1, 0.15) is 6.04 Å². The van der Waals surface area contributed by atoms with Gasteiger partial charge in [0.2, 0.25) is 21.8 Å². The quantitative estimate of drug-likeness (QED) is 0.728. The van der Waals surface area contributed by atoms with Crippen molar-refractivity contribution in [3.8, 4) is 0 Å². The number of nitrogens with zero attached hydrogens (tertiary/aromatic N) is 2. The molecule has 0 saturated carbocycles. The second-order valence-electron chi connectivity index (χ2n) is 9.04. The van der Waals surface area contributed by atoms with Crippen LogP contribution >= 0.6 is 0 Å². The highest BCUT2D eigenvalue weighted by molar-refractivity contribution is 7.89. The van der Waals surface area contributed by atoms with Gasteiger partial charge in [-0.25, -0.2) is 8.42 Å². The van der Waals surface area contributed by atoms with Gasteiger partial charge < -0.3 is 10.2 Å². The number of anilines is 1. The lowest BCUT2D eigenvalue weighted by atomic mass is 9.96. The standard InChI is InChI=1S/C25H31N3O4S/c1-18-8-10-22(11-9-18)33(31,32)27-15-12-20(13-16-27)25(30)28-14-4-7-23(28)24(29)26-21-6-3-5-19(2)17-21/h3,5-6,8-11,17,20,23H,4,7,12-16H2,1-2H3,(H,26,29)/t23-/m0/s1. The Morgan fingerprint density at radius 3 is 2.27 bits per heavy atom. The molecule has 7 nitrogen and oxygen atoms in total. The largest absolute Gasteiger partial charge is 0.330 e. The number of amides is 2. The van der Waals surface area contributed by atoms with Crippen LogP contribution in [0.2, 0.25) is 0 Å². The summed E-state index contributed by atoms with van der Waals surface area (Å²) in [5, 5.41) is 2.94. The minimum Gasteiger partial charge on any atom is -0.330 e. The summed E-state index contributed by atoms with van der Waals surface area (Å²) in [6.45, 7) is 5.06. The number of likely N-dealkylation sites (tertiary alicyclic amines) is 1. The van der Waals surface area contributed by atoms with Crippen molar-refractivity contribution in [1.82, 2.24) is 9.21 Å². The van der Waals surface area contributed by atoms with E-state index < -0.39 is 16.1 Å². The van der Waals surface area contributed by atoms with Gasteiger partial charge in [-0.15, -0.1) is 0 Å². The second-order valence-corrected chi connectivity index (χ2v) is 11.0. The van der Waals surface area contributed by atoms with Crippen molar-refractivity contribution >= 4 is 27.5 Å². The predicted molar refractivity (Wildman–Crippen MR) is 127 cm³/mol. The fraction of sp³-hybridized carbons (Fsp3) is 0.440.